The van der Waals surface area contributed by atoms with E-state index in [9.17, 15) is 18.4 Å². The van der Waals surface area contributed by atoms with E-state index in [0.29, 0.717) is 10.6 Å². The summed E-state index contributed by atoms with van der Waals surface area (Å²) in [5, 5.41) is 4.98. The molecule has 0 bridgehead atoms. The largest absolute Gasteiger partial charge is 0.347 e. The van der Waals surface area contributed by atoms with E-state index in [1.165, 1.54) is 35.6 Å². The Kier molecular flexibility index (Phi) is 7.99. The highest BCUT2D eigenvalue weighted by Gasteiger charge is 2.20. The molecule has 2 amide bonds. The lowest BCUT2D eigenvalue weighted by atomic mass is 10.1. The molecule has 0 saturated heterocycles. The molecule has 0 aliphatic heterocycles. The zero-order valence-electron chi connectivity index (χ0n) is 18.4. The second-order valence-corrected chi connectivity index (χ2v) is 9.59. The molecule has 1 N–H and O–H groups in total. The van der Waals surface area contributed by atoms with Crippen LogP contribution < -0.4 is 5.32 Å². The van der Waals surface area contributed by atoms with Gasteiger partial charge in [0.15, 0.2) is 0 Å². The molecule has 1 aromatic heterocycles. The van der Waals surface area contributed by atoms with Crippen LogP contribution >= 0.6 is 27.3 Å². The zero-order chi connectivity index (χ0) is 24.8. The van der Waals surface area contributed by atoms with Crippen molar-refractivity contribution in [2.24, 2.45) is 0 Å². The monoisotopic (exact) mass is 555 g/mol. The van der Waals surface area contributed by atoms with Crippen molar-refractivity contribution in [2.45, 2.75) is 19.6 Å². The van der Waals surface area contributed by atoms with E-state index < -0.39 is 0 Å². The molecule has 3 aromatic carbocycles. The minimum Gasteiger partial charge on any atom is -0.347 e. The lowest BCUT2D eigenvalue weighted by molar-refractivity contribution is 0.0730. The number of carbonyl (C=O) groups excluding carboxylic acids is 2. The van der Waals surface area contributed by atoms with Crippen molar-refractivity contribution in [3.63, 3.8) is 0 Å². The Morgan fingerprint density at radius 3 is 2.23 bits per heavy atom. The summed E-state index contributed by atoms with van der Waals surface area (Å²) in [7, 11) is 0. The molecule has 0 spiro atoms. The zero-order valence-corrected chi connectivity index (χ0v) is 20.8. The van der Waals surface area contributed by atoms with Gasteiger partial charge in [0.1, 0.15) is 22.3 Å². The fourth-order valence-corrected chi connectivity index (χ4v) is 4.53. The summed E-state index contributed by atoms with van der Waals surface area (Å²) in [5.41, 5.74) is 2.27. The van der Waals surface area contributed by atoms with Crippen LogP contribution in [0.4, 0.5) is 8.78 Å². The van der Waals surface area contributed by atoms with Gasteiger partial charge in [-0.3, -0.25) is 9.59 Å². The summed E-state index contributed by atoms with van der Waals surface area (Å²) < 4.78 is 27.2. The number of nitrogens with zero attached hydrogens (tertiary/aromatic N) is 2. The summed E-state index contributed by atoms with van der Waals surface area (Å²) in [6, 6.07) is 18.9. The van der Waals surface area contributed by atoms with Crippen LogP contribution in [0.15, 0.2) is 82.6 Å². The average Bonchev–Trinajstić information content (AvgIpc) is 3.33. The van der Waals surface area contributed by atoms with Gasteiger partial charge in [-0.15, -0.1) is 11.3 Å². The van der Waals surface area contributed by atoms with E-state index >= 15 is 0 Å². The molecule has 1 heterocycles. The molecule has 0 unspecified atom stereocenters. The van der Waals surface area contributed by atoms with Crippen LogP contribution in [0.25, 0.3) is 0 Å². The first-order valence-corrected chi connectivity index (χ1v) is 12.3. The molecule has 9 heteroatoms. The maximum Gasteiger partial charge on any atom is 0.271 e. The van der Waals surface area contributed by atoms with E-state index in [2.05, 4.69) is 26.2 Å². The highest BCUT2D eigenvalue weighted by molar-refractivity contribution is 9.10. The number of benzene rings is 3. The van der Waals surface area contributed by atoms with Gasteiger partial charge < -0.3 is 10.2 Å². The number of aromatic nitrogens is 1. The highest BCUT2D eigenvalue weighted by atomic mass is 79.9. The first kappa shape index (κ1) is 24.7. The number of hydrogen-bond acceptors (Lipinski definition) is 4. The number of rotatable bonds is 8. The minimum atomic E-state index is -0.361. The first-order chi connectivity index (χ1) is 16.9. The summed E-state index contributed by atoms with van der Waals surface area (Å²) in [5.74, 6) is -1.27. The van der Waals surface area contributed by atoms with Gasteiger partial charge in [0.05, 0.1) is 6.54 Å². The highest BCUT2D eigenvalue weighted by Crippen LogP contribution is 2.20. The minimum absolute atomic E-state index is 0.179. The van der Waals surface area contributed by atoms with Crippen molar-refractivity contribution in [2.75, 3.05) is 0 Å². The van der Waals surface area contributed by atoms with Crippen LogP contribution in [-0.4, -0.2) is 21.7 Å². The third kappa shape index (κ3) is 6.80. The maximum atomic E-state index is 13.4. The third-order valence-corrected chi connectivity index (χ3v) is 6.45. The number of thiazole rings is 1. The lowest BCUT2D eigenvalue weighted by Gasteiger charge is -2.22. The van der Waals surface area contributed by atoms with E-state index in [4.69, 9.17) is 0 Å². The predicted molar refractivity (Wildman–Crippen MR) is 134 cm³/mol. The Bertz CT molecular complexity index is 1330. The van der Waals surface area contributed by atoms with Gasteiger partial charge in [0.25, 0.3) is 11.8 Å². The van der Waals surface area contributed by atoms with E-state index in [1.54, 1.807) is 52.7 Å². The third-order valence-electron chi connectivity index (χ3n) is 5.12. The molecule has 178 valence electrons. The van der Waals surface area contributed by atoms with E-state index in [1.807, 2.05) is 6.07 Å². The van der Waals surface area contributed by atoms with Crippen LogP contribution in [0, 0.1) is 11.6 Å². The number of nitrogens with one attached hydrogen (secondary N) is 1. The van der Waals surface area contributed by atoms with E-state index in [-0.39, 0.29) is 48.8 Å². The normalized spacial score (nSPS) is 10.7. The molecule has 0 fully saturated rings. The Labute approximate surface area is 213 Å². The molecule has 0 atom stereocenters. The van der Waals surface area contributed by atoms with Crippen LogP contribution in [0.2, 0.25) is 0 Å². The first-order valence-electron chi connectivity index (χ1n) is 10.6. The fourth-order valence-electron chi connectivity index (χ4n) is 3.34. The van der Waals surface area contributed by atoms with E-state index in [0.717, 1.165) is 15.6 Å². The summed E-state index contributed by atoms with van der Waals surface area (Å²) >= 11 is 4.66. The summed E-state index contributed by atoms with van der Waals surface area (Å²) in [6.07, 6.45) is 0. The molecule has 0 aliphatic rings. The summed E-state index contributed by atoms with van der Waals surface area (Å²) in [6.45, 7) is 0.667. The average molecular weight is 556 g/mol. The van der Waals surface area contributed by atoms with Gasteiger partial charge in [0.2, 0.25) is 0 Å². The van der Waals surface area contributed by atoms with Gasteiger partial charge in [-0.1, -0.05) is 46.3 Å². The van der Waals surface area contributed by atoms with Gasteiger partial charge >= 0.3 is 0 Å². The smallest absolute Gasteiger partial charge is 0.271 e. The second-order valence-electron chi connectivity index (χ2n) is 7.73. The lowest BCUT2D eigenvalue weighted by Crippen LogP contribution is -2.30. The van der Waals surface area contributed by atoms with Crippen LogP contribution in [0.1, 0.15) is 37.0 Å². The predicted octanol–water partition coefficient (Wildman–Crippen LogP) is 5.96. The molecular weight excluding hydrogens is 536 g/mol. The Hall–Kier alpha value is -3.43. The van der Waals surface area contributed by atoms with Crippen molar-refractivity contribution in [3.05, 3.63) is 122 Å². The number of halogens is 3. The molecule has 35 heavy (non-hydrogen) atoms. The van der Waals surface area contributed by atoms with Crippen LogP contribution in [0.5, 0.6) is 0 Å². The number of amides is 2. The molecule has 4 rings (SSSR count). The van der Waals surface area contributed by atoms with Gasteiger partial charge in [-0.2, -0.15) is 0 Å². The van der Waals surface area contributed by atoms with Gasteiger partial charge in [0, 0.05) is 28.5 Å². The topological polar surface area (TPSA) is 62.3 Å². The molecule has 0 radical (unpaired) electrons. The number of carbonyl (C=O) groups is 2. The Balaban J connectivity index is 1.48. The molecular formula is C26H20BrF2N3O2S. The SMILES string of the molecule is O=C(NCc1ccc(F)cc1)c1csc(CN(Cc2ccc(F)cc2)C(=O)c2cccc(Br)c2)n1. The van der Waals surface area contributed by atoms with Crippen LogP contribution in [0.3, 0.4) is 0 Å². The van der Waals surface area contributed by atoms with Crippen molar-refractivity contribution in [3.8, 4) is 0 Å². The molecule has 5 nitrogen and oxygen atoms in total. The quantitative estimate of drug-likeness (QED) is 0.292. The molecule has 0 aliphatic carbocycles. The fraction of sp³-hybridized carbons (Fsp3) is 0.115. The maximum absolute atomic E-state index is 13.4. The van der Waals surface area contributed by atoms with Crippen molar-refractivity contribution >= 4 is 39.1 Å². The van der Waals surface area contributed by atoms with Crippen molar-refractivity contribution < 1.29 is 18.4 Å². The molecule has 4 aromatic rings. The van der Waals surface area contributed by atoms with Gasteiger partial charge in [-0.25, -0.2) is 13.8 Å². The van der Waals surface area contributed by atoms with Crippen molar-refractivity contribution in [1.82, 2.24) is 15.2 Å². The Morgan fingerprint density at radius 1 is 0.914 bits per heavy atom. The second kappa shape index (κ2) is 11.3. The molecule has 0 saturated carbocycles. The van der Waals surface area contributed by atoms with Crippen molar-refractivity contribution in [1.29, 1.82) is 0 Å². The van der Waals surface area contributed by atoms with Crippen LogP contribution in [-0.2, 0) is 19.6 Å². The Morgan fingerprint density at radius 2 is 1.57 bits per heavy atom. The van der Waals surface area contributed by atoms with Gasteiger partial charge in [-0.05, 0) is 53.6 Å². The number of hydrogen-bond donors (Lipinski definition) is 1. The summed E-state index contributed by atoms with van der Waals surface area (Å²) in [4.78, 5) is 31.9. The standard InChI is InChI=1S/C26H20BrF2N3O2S/c27-20-3-1-2-19(12-20)26(34)32(14-18-6-10-22(29)11-7-18)15-24-31-23(16-35-24)25(33)30-13-17-4-8-21(28)9-5-17/h1-12,16H,13-15H2,(H,30,33).